The molecule has 3 aromatic rings. The zero-order chi connectivity index (χ0) is 29.8. The first kappa shape index (κ1) is 29.2. The van der Waals surface area contributed by atoms with Crippen molar-refractivity contribution in [2.75, 3.05) is 30.8 Å². The van der Waals surface area contributed by atoms with E-state index in [4.69, 9.17) is 11.6 Å². The zero-order valence-electron chi connectivity index (χ0n) is 23.2. The molecule has 3 N–H and O–H groups in total. The van der Waals surface area contributed by atoms with Gasteiger partial charge in [0.2, 0.25) is 11.8 Å². The van der Waals surface area contributed by atoms with Crippen LogP contribution in [0.1, 0.15) is 51.2 Å². The number of fused-ring (bicyclic) bond motifs is 1. The number of aromatic nitrogens is 1. The molecule has 0 saturated carbocycles. The Morgan fingerprint density at radius 1 is 1.10 bits per heavy atom. The third-order valence-corrected chi connectivity index (χ3v) is 8.03. The average Bonchev–Trinajstić information content (AvgIpc) is 3.04. The summed E-state index contributed by atoms with van der Waals surface area (Å²) in [5, 5.41) is 15.8. The van der Waals surface area contributed by atoms with Crippen molar-refractivity contribution in [3.05, 3.63) is 88.2 Å². The standard InChI is InChI=1S/C31H32ClN5O5/c1-36-12-9-19(10-13-36)15-28(38)34-25-14-20(5-7-24(25)31(41)42)18-37-27(17-22-4-2-3-11-33-22)29(39)35-26-16-21(32)6-8-23(26)30(37)40/h2-8,11,14,16,19,27H,9-10,12-13,15,17-18H2,1H3,(H,34,38)(H,35,39)(H,41,42)/t27-/m1/s1. The fourth-order valence-corrected chi connectivity index (χ4v) is 5.64. The van der Waals surface area contributed by atoms with E-state index in [2.05, 4.69) is 20.5 Å². The molecule has 1 saturated heterocycles. The number of carbonyl (C=O) groups excluding carboxylic acids is 3. The summed E-state index contributed by atoms with van der Waals surface area (Å²) in [4.78, 5) is 60.3. The predicted molar refractivity (Wildman–Crippen MR) is 159 cm³/mol. The highest BCUT2D eigenvalue weighted by Crippen LogP contribution is 2.30. The summed E-state index contributed by atoms with van der Waals surface area (Å²) in [6.45, 7) is 1.82. The fourth-order valence-electron chi connectivity index (χ4n) is 5.47. The number of rotatable bonds is 8. The molecule has 0 spiro atoms. The lowest BCUT2D eigenvalue weighted by Gasteiger charge is -2.29. The van der Waals surface area contributed by atoms with Gasteiger partial charge in [-0.15, -0.1) is 0 Å². The number of benzene rings is 2. The van der Waals surface area contributed by atoms with Crippen molar-refractivity contribution in [1.82, 2.24) is 14.8 Å². The number of hydrogen-bond donors (Lipinski definition) is 3. The van der Waals surface area contributed by atoms with Crippen LogP contribution in [0.4, 0.5) is 11.4 Å². The summed E-state index contributed by atoms with van der Waals surface area (Å²) >= 11 is 6.15. The largest absolute Gasteiger partial charge is 0.478 e. The third kappa shape index (κ3) is 6.78. The smallest absolute Gasteiger partial charge is 0.337 e. The molecule has 5 rings (SSSR count). The van der Waals surface area contributed by atoms with Crippen molar-refractivity contribution in [3.63, 3.8) is 0 Å². The van der Waals surface area contributed by atoms with Crippen LogP contribution < -0.4 is 10.6 Å². The van der Waals surface area contributed by atoms with Crippen LogP contribution in [0.3, 0.4) is 0 Å². The number of nitrogens with zero attached hydrogens (tertiary/aromatic N) is 3. The summed E-state index contributed by atoms with van der Waals surface area (Å²) in [6.07, 6.45) is 3.88. The molecule has 0 radical (unpaired) electrons. The number of likely N-dealkylation sites (tertiary alicyclic amines) is 1. The molecule has 1 fully saturated rings. The molecule has 0 unspecified atom stereocenters. The van der Waals surface area contributed by atoms with E-state index in [0.717, 1.165) is 25.9 Å². The number of nitrogens with one attached hydrogen (secondary N) is 2. The second kappa shape index (κ2) is 12.7. The van der Waals surface area contributed by atoms with Crippen molar-refractivity contribution in [2.24, 2.45) is 5.92 Å². The van der Waals surface area contributed by atoms with E-state index in [1.54, 1.807) is 42.6 Å². The number of carbonyl (C=O) groups is 4. The number of carboxylic acid groups (broad SMARTS) is 1. The number of piperidine rings is 1. The topological polar surface area (TPSA) is 132 Å². The summed E-state index contributed by atoms with van der Waals surface area (Å²) in [6, 6.07) is 13.7. The van der Waals surface area contributed by atoms with Crippen LogP contribution in [-0.2, 0) is 22.6 Å². The highest BCUT2D eigenvalue weighted by atomic mass is 35.5. The van der Waals surface area contributed by atoms with Gasteiger partial charge in [0.25, 0.3) is 5.91 Å². The quantitative estimate of drug-likeness (QED) is 0.357. The van der Waals surface area contributed by atoms with Crippen LogP contribution >= 0.6 is 11.6 Å². The molecular formula is C31H32ClN5O5. The van der Waals surface area contributed by atoms with Gasteiger partial charge in [0.05, 0.1) is 22.5 Å². The molecule has 2 aromatic carbocycles. The maximum atomic E-state index is 13.9. The van der Waals surface area contributed by atoms with Crippen LogP contribution in [0.2, 0.25) is 5.02 Å². The molecule has 0 aliphatic carbocycles. The molecule has 2 aliphatic rings. The molecular weight excluding hydrogens is 558 g/mol. The van der Waals surface area contributed by atoms with Crippen LogP contribution in [0.5, 0.6) is 0 Å². The van der Waals surface area contributed by atoms with Gasteiger partial charge in [0.1, 0.15) is 6.04 Å². The molecule has 218 valence electrons. The van der Waals surface area contributed by atoms with Crippen LogP contribution in [0.25, 0.3) is 0 Å². The molecule has 3 amide bonds. The minimum Gasteiger partial charge on any atom is -0.478 e. The lowest BCUT2D eigenvalue weighted by molar-refractivity contribution is -0.120. The molecule has 0 bridgehead atoms. The molecule has 3 heterocycles. The summed E-state index contributed by atoms with van der Waals surface area (Å²) in [5.74, 6) is -2.00. The Morgan fingerprint density at radius 2 is 1.88 bits per heavy atom. The van der Waals surface area contributed by atoms with Crippen LogP contribution in [0, 0.1) is 5.92 Å². The van der Waals surface area contributed by atoms with E-state index < -0.39 is 23.8 Å². The van der Waals surface area contributed by atoms with Gasteiger partial charge < -0.3 is 25.5 Å². The minimum absolute atomic E-state index is 0.0104. The van der Waals surface area contributed by atoms with E-state index in [-0.39, 0.29) is 41.6 Å². The van der Waals surface area contributed by atoms with Crippen molar-refractivity contribution in [1.29, 1.82) is 0 Å². The second-order valence-corrected chi connectivity index (χ2v) is 11.3. The first-order chi connectivity index (χ1) is 20.2. The number of anilines is 2. The van der Waals surface area contributed by atoms with Gasteiger partial charge in [-0.3, -0.25) is 19.4 Å². The predicted octanol–water partition coefficient (Wildman–Crippen LogP) is 4.31. The van der Waals surface area contributed by atoms with Crippen LogP contribution in [0.15, 0.2) is 60.8 Å². The maximum absolute atomic E-state index is 13.9. The molecule has 10 nitrogen and oxygen atoms in total. The molecule has 1 atom stereocenters. The molecule has 2 aliphatic heterocycles. The molecule has 42 heavy (non-hydrogen) atoms. The van der Waals surface area contributed by atoms with Crippen molar-refractivity contribution in [3.8, 4) is 0 Å². The van der Waals surface area contributed by atoms with E-state index in [1.165, 1.54) is 17.0 Å². The van der Waals surface area contributed by atoms with E-state index in [9.17, 15) is 24.3 Å². The highest BCUT2D eigenvalue weighted by Gasteiger charge is 2.36. The lowest BCUT2D eigenvalue weighted by Crippen LogP contribution is -2.46. The van der Waals surface area contributed by atoms with E-state index in [0.29, 0.717) is 28.4 Å². The number of pyridine rings is 1. The van der Waals surface area contributed by atoms with Gasteiger partial charge in [-0.25, -0.2) is 4.79 Å². The van der Waals surface area contributed by atoms with Gasteiger partial charge in [-0.1, -0.05) is 23.7 Å². The first-order valence-corrected chi connectivity index (χ1v) is 14.2. The Labute approximate surface area is 248 Å². The Hall–Kier alpha value is -4.28. The Bertz CT molecular complexity index is 1510. The van der Waals surface area contributed by atoms with Crippen molar-refractivity contribution in [2.45, 2.75) is 38.3 Å². The van der Waals surface area contributed by atoms with Gasteiger partial charge in [0, 0.05) is 36.3 Å². The fraction of sp³-hybridized carbons (Fsp3) is 0.323. The van der Waals surface area contributed by atoms with Gasteiger partial charge in [-0.2, -0.15) is 0 Å². The molecule has 11 heteroatoms. The summed E-state index contributed by atoms with van der Waals surface area (Å²) in [5.41, 5.74) is 1.87. The Kier molecular flexibility index (Phi) is 8.84. The monoisotopic (exact) mass is 589 g/mol. The van der Waals surface area contributed by atoms with Gasteiger partial charge >= 0.3 is 5.97 Å². The number of carboxylic acids is 1. The third-order valence-electron chi connectivity index (χ3n) is 7.79. The molecule has 1 aromatic heterocycles. The van der Waals surface area contributed by atoms with Crippen LogP contribution in [-0.4, -0.2) is 69.8 Å². The number of hydrogen-bond acceptors (Lipinski definition) is 6. The van der Waals surface area contributed by atoms with Gasteiger partial charge in [0.15, 0.2) is 0 Å². The first-order valence-electron chi connectivity index (χ1n) is 13.8. The minimum atomic E-state index is -1.18. The lowest BCUT2D eigenvalue weighted by atomic mass is 9.93. The second-order valence-electron chi connectivity index (χ2n) is 10.8. The SMILES string of the molecule is CN1CCC(CC(=O)Nc2cc(CN3C(=O)c4ccc(Cl)cc4NC(=O)[C@H]3Cc3ccccn3)ccc2C(=O)O)CC1. The summed E-state index contributed by atoms with van der Waals surface area (Å²) in [7, 11) is 2.05. The average molecular weight is 590 g/mol. The number of aromatic carboxylic acids is 1. The highest BCUT2D eigenvalue weighted by molar-refractivity contribution is 6.31. The Balaban J connectivity index is 1.44. The Morgan fingerprint density at radius 3 is 2.60 bits per heavy atom. The van der Waals surface area contributed by atoms with E-state index >= 15 is 0 Å². The van der Waals surface area contributed by atoms with E-state index in [1.807, 2.05) is 13.1 Å². The summed E-state index contributed by atoms with van der Waals surface area (Å²) < 4.78 is 0. The number of amides is 3. The normalized spacial score (nSPS) is 17.8. The van der Waals surface area contributed by atoms with Crippen molar-refractivity contribution < 1.29 is 24.3 Å². The zero-order valence-corrected chi connectivity index (χ0v) is 23.9. The van der Waals surface area contributed by atoms with Gasteiger partial charge in [-0.05, 0) is 86.9 Å². The number of halogens is 1. The maximum Gasteiger partial charge on any atom is 0.337 e. The van der Waals surface area contributed by atoms with Crippen molar-refractivity contribution >= 4 is 46.7 Å².